The molecule has 3 heteroatoms. The highest BCUT2D eigenvalue weighted by Gasteiger charge is 2.40. The molecular formula is C14H21NO2. The second kappa shape index (κ2) is 4.67. The number of hydrogen-bond acceptors (Lipinski definition) is 3. The molecule has 2 rings (SSSR count). The van der Waals surface area contributed by atoms with Crippen LogP contribution in [0.2, 0.25) is 0 Å². The van der Waals surface area contributed by atoms with Gasteiger partial charge in [-0.1, -0.05) is 13.0 Å². The van der Waals surface area contributed by atoms with Crippen LogP contribution in [0, 0.1) is 5.92 Å². The number of methoxy groups -OCH3 is 1. The summed E-state index contributed by atoms with van der Waals surface area (Å²) < 4.78 is 5.09. The molecule has 0 aromatic heterocycles. The number of fused-ring (bicyclic) bond motifs is 1. The Hall–Kier alpha value is -1.06. The van der Waals surface area contributed by atoms with E-state index in [1.807, 2.05) is 18.2 Å². The Balaban J connectivity index is 2.24. The number of rotatable bonds is 4. The Bertz CT molecular complexity index is 405. The zero-order chi connectivity index (χ0) is 12.5. The Labute approximate surface area is 103 Å². The molecule has 3 N–H and O–H groups in total. The number of ether oxygens (including phenoxy) is 1. The molecule has 1 aliphatic rings. The molecule has 0 bridgehead atoms. The second-order valence-electron chi connectivity index (χ2n) is 5.02. The molecule has 0 radical (unpaired) electrons. The Morgan fingerprint density at radius 1 is 1.53 bits per heavy atom. The van der Waals surface area contributed by atoms with Gasteiger partial charge in [-0.3, -0.25) is 0 Å². The minimum atomic E-state index is -0.707. The molecule has 1 aromatic rings. The molecule has 0 saturated heterocycles. The van der Waals surface area contributed by atoms with Crippen molar-refractivity contribution in [2.24, 2.45) is 5.92 Å². The summed E-state index contributed by atoms with van der Waals surface area (Å²) in [5, 5.41) is 10.8. The van der Waals surface area contributed by atoms with Crippen LogP contribution < -0.4 is 5.73 Å². The van der Waals surface area contributed by atoms with Gasteiger partial charge in [-0.25, -0.2) is 0 Å². The number of aliphatic hydroxyl groups is 1. The molecule has 0 heterocycles. The number of nitrogens with two attached hydrogens (primary N) is 1. The van der Waals surface area contributed by atoms with Gasteiger partial charge >= 0.3 is 0 Å². The van der Waals surface area contributed by atoms with Gasteiger partial charge in [0.1, 0.15) is 0 Å². The largest absolute Gasteiger partial charge is 0.399 e. The van der Waals surface area contributed by atoms with E-state index in [0.29, 0.717) is 6.61 Å². The van der Waals surface area contributed by atoms with Gasteiger partial charge in [-0.2, -0.15) is 0 Å². The molecule has 94 valence electrons. The quantitative estimate of drug-likeness (QED) is 0.786. The highest BCUT2D eigenvalue weighted by atomic mass is 16.5. The Morgan fingerprint density at radius 3 is 3.00 bits per heavy atom. The van der Waals surface area contributed by atoms with E-state index in [1.165, 1.54) is 5.56 Å². The maximum Gasteiger partial charge on any atom is 0.0928 e. The molecule has 1 aliphatic carbocycles. The van der Waals surface area contributed by atoms with Crippen LogP contribution >= 0.6 is 0 Å². The maximum atomic E-state index is 10.8. The van der Waals surface area contributed by atoms with Crippen LogP contribution in [0.3, 0.4) is 0 Å². The van der Waals surface area contributed by atoms with E-state index in [0.717, 1.165) is 30.5 Å². The van der Waals surface area contributed by atoms with Gasteiger partial charge in [0.25, 0.3) is 0 Å². The summed E-state index contributed by atoms with van der Waals surface area (Å²) >= 11 is 0. The Kier molecular flexibility index (Phi) is 3.40. The molecule has 3 nitrogen and oxygen atoms in total. The summed E-state index contributed by atoms with van der Waals surface area (Å²) in [6.45, 7) is 2.78. The van der Waals surface area contributed by atoms with E-state index in [-0.39, 0.29) is 5.92 Å². The van der Waals surface area contributed by atoms with E-state index in [2.05, 4.69) is 6.92 Å². The summed E-state index contributed by atoms with van der Waals surface area (Å²) in [4.78, 5) is 0. The smallest absolute Gasteiger partial charge is 0.0928 e. The second-order valence-corrected chi connectivity index (χ2v) is 5.02. The first-order chi connectivity index (χ1) is 8.08. The molecule has 2 unspecified atom stereocenters. The standard InChI is InChI=1S/C14H21NO2/c1-10(6-8-17-2)14(16)7-5-11-9-12(15)3-4-13(11)14/h3-4,9-10,16H,5-8,15H2,1-2H3. The maximum absolute atomic E-state index is 10.8. The van der Waals surface area contributed by atoms with Gasteiger partial charge in [0, 0.05) is 19.4 Å². The molecule has 0 saturated carbocycles. The average molecular weight is 235 g/mol. The fourth-order valence-corrected chi connectivity index (χ4v) is 2.75. The third-order valence-electron chi connectivity index (χ3n) is 3.94. The summed E-state index contributed by atoms with van der Waals surface area (Å²) in [6.07, 6.45) is 2.57. The molecule has 0 spiro atoms. The van der Waals surface area contributed by atoms with Crippen molar-refractivity contribution in [2.45, 2.75) is 31.8 Å². The summed E-state index contributed by atoms with van der Waals surface area (Å²) in [6, 6.07) is 5.83. The van der Waals surface area contributed by atoms with Crippen molar-refractivity contribution in [1.29, 1.82) is 0 Å². The van der Waals surface area contributed by atoms with E-state index in [9.17, 15) is 5.11 Å². The summed E-state index contributed by atoms with van der Waals surface area (Å²) in [5.41, 5.74) is 8.09. The molecule has 0 aliphatic heterocycles. The zero-order valence-electron chi connectivity index (χ0n) is 10.6. The predicted octanol–water partition coefficient (Wildman–Crippen LogP) is 2.08. The van der Waals surface area contributed by atoms with Gasteiger partial charge in [-0.05, 0) is 48.4 Å². The zero-order valence-corrected chi connectivity index (χ0v) is 10.6. The van der Waals surface area contributed by atoms with Crippen molar-refractivity contribution < 1.29 is 9.84 Å². The van der Waals surface area contributed by atoms with Crippen molar-refractivity contribution >= 4 is 5.69 Å². The van der Waals surface area contributed by atoms with Crippen molar-refractivity contribution in [2.75, 3.05) is 19.5 Å². The molecule has 1 aromatic carbocycles. The topological polar surface area (TPSA) is 55.5 Å². The first-order valence-electron chi connectivity index (χ1n) is 6.18. The van der Waals surface area contributed by atoms with Crippen LogP contribution in [0.5, 0.6) is 0 Å². The first-order valence-corrected chi connectivity index (χ1v) is 6.18. The minimum absolute atomic E-state index is 0.201. The lowest BCUT2D eigenvalue weighted by molar-refractivity contribution is -0.0261. The lowest BCUT2D eigenvalue weighted by Crippen LogP contribution is -2.31. The summed E-state index contributed by atoms with van der Waals surface area (Å²) in [5.74, 6) is 0.201. The SMILES string of the molecule is COCCC(C)C1(O)CCc2cc(N)ccc21. The number of nitrogen functional groups attached to an aromatic ring is 1. The average Bonchev–Trinajstić information content (AvgIpc) is 2.64. The number of aryl methyl sites for hydroxylation is 1. The number of anilines is 1. The van der Waals surface area contributed by atoms with Gasteiger partial charge in [0.15, 0.2) is 0 Å². The molecule has 17 heavy (non-hydrogen) atoms. The van der Waals surface area contributed by atoms with Gasteiger partial charge in [0.05, 0.1) is 5.60 Å². The highest BCUT2D eigenvalue weighted by Crippen LogP contribution is 2.43. The molecule has 0 amide bonds. The van der Waals surface area contributed by atoms with E-state index in [1.54, 1.807) is 7.11 Å². The highest BCUT2D eigenvalue weighted by molar-refractivity contribution is 5.49. The molecule has 2 atom stereocenters. The lowest BCUT2D eigenvalue weighted by atomic mass is 9.82. The van der Waals surface area contributed by atoms with E-state index in [4.69, 9.17) is 10.5 Å². The van der Waals surface area contributed by atoms with Crippen LogP contribution in [0.1, 0.15) is 30.9 Å². The fourth-order valence-electron chi connectivity index (χ4n) is 2.75. The van der Waals surface area contributed by atoms with Gasteiger partial charge < -0.3 is 15.6 Å². The van der Waals surface area contributed by atoms with Crippen molar-refractivity contribution in [3.63, 3.8) is 0 Å². The van der Waals surface area contributed by atoms with Gasteiger partial charge in [-0.15, -0.1) is 0 Å². The van der Waals surface area contributed by atoms with Crippen LogP contribution in [-0.4, -0.2) is 18.8 Å². The van der Waals surface area contributed by atoms with Crippen molar-refractivity contribution in [1.82, 2.24) is 0 Å². The minimum Gasteiger partial charge on any atom is -0.399 e. The summed E-state index contributed by atoms with van der Waals surface area (Å²) in [7, 11) is 1.69. The molecule has 0 fully saturated rings. The van der Waals surface area contributed by atoms with Crippen LogP contribution in [0.4, 0.5) is 5.69 Å². The first kappa shape index (κ1) is 12.4. The van der Waals surface area contributed by atoms with Crippen molar-refractivity contribution in [3.8, 4) is 0 Å². The lowest BCUT2D eigenvalue weighted by Gasteiger charge is -2.31. The normalized spacial score (nSPS) is 24.6. The monoisotopic (exact) mass is 235 g/mol. The Morgan fingerprint density at radius 2 is 2.29 bits per heavy atom. The van der Waals surface area contributed by atoms with Crippen molar-refractivity contribution in [3.05, 3.63) is 29.3 Å². The van der Waals surface area contributed by atoms with E-state index < -0.39 is 5.60 Å². The van der Waals surface area contributed by atoms with Crippen LogP contribution in [0.25, 0.3) is 0 Å². The third kappa shape index (κ3) is 2.17. The predicted molar refractivity (Wildman–Crippen MR) is 68.7 cm³/mol. The molecular weight excluding hydrogens is 214 g/mol. The van der Waals surface area contributed by atoms with E-state index >= 15 is 0 Å². The van der Waals surface area contributed by atoms with Crippen LogP contribution in [-0.2, 0) is 16.8 Å². The number of hydrogen-bond donors (Lipinski definition) is 2. The van der Waals surface area contributed by atoms with Gasteiger partial charge in [0.2, 0.25) is 0 Å². The third-order valence-corrected chi connectivity index (χ3v) is 3.94. The van der Waals surface area contributed by atoms with Crippen LogP contribution in [0.15, 0.2) is 18.2 Å². The fraction of sp³-hybridized carbons (Fsp3) is 0.571. The number of benzene rings is 1.